The highest BCUT2D eigenvalue weighted by atomic mass is 32.2. The fraction of sp³-hybridized carbons (Fsp3) is 0.300. The van der Waals surface area contributed by atoms with Gasteiger partial charge in [-0.1, -0.05) is 18.7 Å². The van der Waals surface area contributed by atoms with Crippen LogP contribution in [0.1, 0.15) is 23.7 Å². The van der Waals surface area contributed by atoms with E-state index in [-0.39, 0.29) is 5.25 Å². The molecule has 15 heavy (non-hydrogen) atoms. The van der Waals surface area contributed by atoms with E-state index >= 15 is 0 Å². The Morgan fingerprint density at radius 3 is 3.07 bits per heavy atom. The van der Waals surface area contributed by atoms with Gasteiger partial charge in [-0.3, -0.25) is 4.79 Å². The molecule has 1 aromatic heterocycles. The fourth-order valence-corrected chi connectivity index (χ4v) is 1.91. The number of primary amides is 1. The largest absolute Gasteiger partial charge is 0.366 e. The van der Waals surface area contributed by atoms with Crippen LogP contribution in [0.3, 0.4) is 0 Å². The molecule has 5 heteroatoms. The molecule has 0 fully saturated rings. The highest BCUT2D eigenvalue weighted by Gasteiger charge is 2.14. The fourth-order valence-electron chi connectivity index (χ4n) is 1.01. The van der Waals surface area contributed by atoms with Crippen molar-refractivity contribution in [3.05, 3.63) is 23.9 Å². The Balaban J connectivity index is 2.94. The van der Waals surface area contributed by atoms with Gasteiger partial charge in [0.15, 0.2) is 0 Å². The third kappa shape index (κ3) is 2.96. The van der Waals surface area contributed by atoms with E-state index in [9.17, 15) is 4.79 Å². The quantitative estimate of drug-likeness (QED) is 0.783. The van der Waals surface area contributed by atoms with Crippen molar-refractivity contribution in [2.24, 2.45) is 5.73 Å². The van der Waals surface area contributed by atoms with Crippen molar-refractivity contribution in [1.82, 2.24) is 4.98 Å². The summed E-state index contributed by atoms with van der Waals surface area (Å²) in [5.74, 6) is -0.515. The lowest BCUT2D eigenvalue weighted by molar-refractivity contribution is 0.0997. The molecule has 4 nitrogen and oxygen atoms in total. The summed E-state index contributed by atoms with van der Waals surface area (Å²) < 4.78 is 0. The lowest BCUT2D eigenvalue weighted by Gasteiger charge is -2.07. The molecule has 0 bridgehead atoms. The lowest BCUT2D eigenvalue weighted by atomic mass is 10.3. The summed E-state index contributed by atoms with van der Waals surface area (Å²) in [6.45, 7) is 1.91. The van der Waals surface area contributed by atoms with Crippen molar-refractivity contribution in [3.63, 3.8) is 0 Å². The Morgan fingerprint density at radius 1 is 1.80 bits per heavy atom. The molecule has 1 aromatic rings. The van der Waals surface area contributed by atoms with Gasteiger partial charge in [-0.25, -0.2) is 4.98 Å². The van der Waals surface area contributed by atoms with Gasteiger partial charge >= 0.3 is 0 Å². The van der Waals surface area contributed by atoms with Crippen molar-refractivity contribution in [3.8, 4) is 6.07 Å². The molecule has 1 atom stereocenters. The maximum atomic E-state index is 11.1. The number of carbonyl (C=O) groups excluding carboxylic acids is 1. The molecule has 78 valence electrons. The molecule has 0 saturated carbocycles. The van der Waals surface area contributed by atoms with Crippen molar-refractivity contribution in [2.45, 2.75) is 23.6 Å². The zero-order valence-electron chi connectivity index (χ0n) is 8.30. The van der Waals surface area contributed by atoms with Crippen LogP contribution in [0.5, 0.6) is 0 Å². The van der Waals surface area contributed by atoms with Gasteiger partial charge in [0.2, 0.25) is 0 Å². The van der Waals surface area contributed by atoms with E-state index in [4.69, 9.17) is 11.0 Å². The Labute approximate surface area is 92.5 Å². The number of carbonyl (C=O) groups is 1. The molecule has 1 heterocycles. The molecule has 0 aromatic carbocycles. The zero-order valence-corrected chi connectivity index (χ0v) is 9.12. The summed E-state index contributed by atoms with van der Waals surface area (Å²) in [7, 11) is 0. The number of rotatable bonds is 4. The Kier molecular flexibility index (Phi) is 4.13. The van der Waals surface area contributed by atoms with Gasteiger partial charge in [-0.15, -0.1) is 0 Å². The number of thioether (sulfide) groups is 1. The smallest absolute Gasteiger partial charge is 0.251 e. The first-order valence-electron chi connectivity index (χ1n) is 4.50. The van der Waals surface area contributed by atoms with Crippen LogP contribution in [0.15, 0.2) is 23.4 Å². The standard InChI is InChI=1S/C10H11N3OS/c1-2-7(6-11)15-10-8(9(12)14)4-3-5-13-10/h3-5,7H,2H2,1H3,(H2,12,14). The van der Waals surface area contributed by atoms with Gasteiger partial charge in [0, 0.05) is 6.20 Å². The summed E-state index contributed by atoms with van der Waals surface area (Å²) in [6, 6.07) is 5.40. The second kappa shape index (κ2) is 5.37. The summed E-state index contributed by atoms with van der Waals surface area (Å²) >= 11 is 1.27. The molecule has 1 rings (SSSR count). The number of pyridine rings is 1. The van der Waals surface area contributed by atoms with E-state index in [1.807, 2.05) is 6.92 Å². The number of hydrogen-bond donors (Lipinski definition) is 1. The average molecular weight is 221 g/mol. The minimum Gasteiger partial charge on any atom is -0.366 e. The molecular weight excluding hydrogens is 210 g/mol. The molecule has 2 N–H and O–H groups in total. The van der Waals surface area contributed by atoms with Gasteiger partial charge in [0.1, 0.15) is 5.03 Å². The van der Waals surface area contributed by atoms with Crippen molar-refractivity contribution < 1.29 is 4.79 Å². The number of aromatic nitrogens is 1. The van der Waals surface area contributed by atoms with Gasteiger partial charge < -0.3 is 5.73 Å². The van der Waals surface area contributed by atoms with E-state index in [0.717, 1.165) is 0 Å². The Morgan fingerprint density at radius 2 is 2.53 bits per heavy atom. The molecule has 0 aliphatic carbocycles. The van der Waals surface area contributed by atoms with Crippen molar-refractivity contribution in [1.29, 1.82) is 5.26 Å². The van der Waals surface area contributed by atoms with Crippen LogP contribution in [0, 0.1) is 11.3 Å². The van der Waals surface area contributed by atoms with Crippen LogP contribution in [-0.2, 0) is 0 Å². The van der Waals surface area contributed by atoms with Crippen LogP contribution in [-0.4, -0.2) is 16.1 Å². The monoisotopic (exact) mass is 221 g/mol. The third-order valence-electron chi connectivity index (χ3n) is 1.81. The number of amides is 1. The van der Waals surface area contributed by atoms with Gasteiger partial charge in [0.25, 0.3) is 5.91 Å². The predicted molar refractivity (Wildman–Crippen MR) is 58.3 cm³/mol. The Bertz CT molecular complexity index is 400. The maximum absolute atomic E-state index is 11.1. The Hall–Kier alpha value is -1.54. The minimum atomic E-state index is -0.515. The number of nitrogens with zero attached hydrogens (tertiary/aromatic N) is 2. The van der Waals surface area contributed by atoms with E-state index in [0.29, 0.717) is 17.0 Å². The summed E-state index contributed by atoms with van der Waals surface area (Å²) in [6.07, 6.45) is 2.29. The molecule has 1 unspecified atom stereocenters. The van der Waals surface area contributed by atoms with E-state index in [1.54, 1.807) is 18.3 Å². The molecule has 0 aliphatic rings. The lowest BCUT2D eigenvalue weighted by Crippen LogP contribution is -2.13. The molecular formula is C10H11N3OS. The zero-order chi connectivity index (χ0) is 11.3. The predicted octanol–water partition coefficient (Wildman–Crippen LogP) is 1.57. The van der Waals surface area contributed by atoms with E-state index < -0.39 is 5.91 Å². The summed E-state index contributed by atoms with van der Waals surface area (Å²) in [5, 5.41) is 9.13. The summed E-state index contributed by atoms with van der Waals surface area (Å²) in [5.41, 5.74) is 5.57. The summed E-state index contributed by atoms with van der Waals surface area (Å²) in [4.78, 5) is 15.1. The minimum absolute atomic E-state index is 0.196. The SMILES string of the molecule is CCC(C#N)Sc1ncccc1C(N)=O. The number of nitrogens with two attached hydrogens (primary N) is 1. The van der Waals surface area contributed by atoms with Gasteiger partial charge in [0.05, 0.1) is 16.9 Å². The molecule has 0 aliphatic heterocycles. The topological polar surface area (TPSA) is 79.8 Å². The molecule has 0 spiro atoms. The second-order valence-corrected chi connectivity index (χ2v) is 4.06. The van der Waals surface area contributed by atoms with Crippen LogP contribution in [0.25, 0.3) is 0 Å². The van der Waals surface area contributed by atoms with E-state index in [1.165, 1.54) is 11.8 Å². The highest BCUT2D eigenvalue weighted by Crippen LogP contribution is 2.25. The molecule has 0 radical (unpaired) electrons. The third-order valence-corrected chi connectivity index (χ3v) is 3.08. The van der Waals surface area contributed by atoms with Crippen molar-refractivity contribution in [2.75, 3.05) is 0 Å². The first-order chi connectivity index (χ1) is 7.19. The number of nitriles is 1. The first kappa shape index (κ1) is 11.5. The van der Waals surface area contributed by atoms with Crippen LogP contribution in [0.4, 0.5) is 0 Å². The van der Waals surface area contributed by atoms with Crippen LogP contribution < -0.4 is 5.73 Å². The van der Waals surface area contributed by atoms with Crippen molar-refractivity contribution >= 4 is 17.7 Å². The average Bonchev–Trinajstić information content (AvgIpc) is 2.26. The molecule has 0 saturated heterocycles. The normalized spacial score (nSPS) is 11.7. The number of hydrogen-bond acceptors (Lipinski definition) is 4. The first-order valence-corrected chi connectivity index (χ1v) is 5.38. The second-order valence-electron chi connectivity index (χ2n) is 2.86. The highest BCUT2D eigenvalue weighted by molar-refractivity contribution is 8.00. The van der Waals surface area contributed by atoms with Crippen LogP contribution in [0.2, 0.25) is 0 Å². The van der Waals surface area contributed by atoms with Crippen LogP contribution >= 0.6 is 11.8 Å². The van der Waals surface area contributed by atoms with Gasteiger partial charge in [-0.2, -0.15) is 5.26 Å². The van der Waals surface area contributed by atoms with Gasteiger partial charge in [-0.05, 0) is 18.6 Å². The van der Waals surface area contributed by atoms with E-state index in [2.05, 4.69) is 11.1 Å². The maximum Gasteiger partial charge on any atom is 0.251 e. The molecule has 1 amide bonds.